The lowest BCUT2D eigenvalue weighted by Crippen LogP contribution is -2.45. The fourth-order valence-corrected chi connectivity index (χ4v) is 3.12. The van der Waals surface area contributed by atoms with Crippen LogP contribution in [-0.4, -0.2) is 67.0 Å². The van der Waals surface area contributed by atoms with Crippen molar-refractivity contribution in [3.8, 4) is 0 Å². The van der Waals surface area contributed by atoms with Crippen LogP contribution in [0.5, 0.6) is 0 Å². The molecule has 0 bridgehead atoms. The maximum atomic E-state index is 12.2. The SMILES string of the molecule is C=CCN(CC(=O)O)C(=O)C1CCN(S(C)(=O)=O)CC1. The zero-order valence-electron chi connectivity index (χ0n) is 11.5. The number of rotatable bonds is 6. The molecule has 1 aliphatic heterocycles. The van der Waals surface area contributed by atoms with Crippen molar-refractivity contribution < 1.29 is 23.1 Å². The Morgan fingerprint density at radius 3 is 2.35 bits per heavy atom. The number of carboxylic acids is 1. The lowest BCUT2D eigenvalue weighted by atomic mass is 9.96. The number of carbonyl (C=O) groups is 2. The van der Waals surface area contributed by atoms with Crippen molar-refractivity contribution in [2.24, 2.45) is 5.92 Å². The highest BCUT2D eigenvalue weighted by molar-refractivity contribution is 7.88. The van der Waals surface area contributed by atoms with Crippen molar-refractivity contribution in [3.05, 3.63) is 12.7 Å². The number of hydrogen-bond donors (Lipinski definition) is 1. The minimum absolute atomic E-state index is 0.178. The van der Waals surface area contributed by atoms with Crippen LogP contribution >= 0.6 is 0 Å². The van der Waals surface area contributed by atoms with E-state index < -0.39 is 16.0 Å². The number of carboxylic acid groups (broad SMARTS) is 1. The Hall–Kier alpha value is -1.41. The monoisotopic (exact) mass is 304 g/mol. The van der Waals surface area contributed by atoms with Gasteiger partial charge in [0.05, 0.1) is 6.26 Å². The number of sulfonamides is 1. The number of aliphatic carboxylic acids is 1. The molecule has 0 unspecified atom stereocenters. The third-order valence-corrected chi connectivity index (χ3v) is 4.56. The van der Waals surface area contributed by atoms with E-state index >= 15 is 0 Å². The lowest BCUT2D eigenvalue weighted by Gasteiger charge is -2.32. The predicted molar refractivity (Wildman–Crippen MR) is 73.6 cm³/mol. The molecule has 1 N–H and O–H groups in total. The van der Waals surface area contributed by atoms with Crippen LogP contribution in [0.2, 0.25) is 0 Å². The Balaban J connectivity index is 2.64. The minimum atomic E-state index is -3.23. The van der Waals surface area contributed by atoms with Gasteiger partial charge in [-0.2, -0.15) is 0 Å². The molecule has 1 heterocycles. The van der Waals surface area contributed by atoms with Crippen LogP contribution in [0.15, 0.2) is 12.7 Å². The van der Waals surface area contributed by atoms with Crippen LogP contribution in [0.1, 0.15) is 12.8 Å². The third kappa shape index (κ3) is 4.61. The van der Waals surface area contributed by atoms with Crippen molar-refractivity contribution in [3.63, 3.8) is 0 Å². The normalized spacial score (nSPS) is 17.6. The summed E-state index contributed by atoms with van der Waals surface area (Å²) in [5, 5.41) is 8.79. The Bertz CT molecular complexity index is 480. The largest absolute Gasteiger partial charge is 0.480 e. The lowest BCUT2D eigenvalue weighted by molar-refractivity contribution is -0.146. The Morgan fingerprint density at radius 2 is 1.95 bits per heavy atom. The van der Waals surface area contributed by atoms with Crippen molar-refractivity contribution in [2.45, 2.75) is 12.8 Å². The molecule has 0 aromatic heterocycles. The van der Waals surface area contributed by atoms with Gasteiger partial charge in [0.1, 0.15) is 6.54 Å². The summed E-state index contributed by atoms with van der Waals surface area (Å²) in [5.74, 6) is -1.65. The number of carbonyl (C=O) groups excluding carboxylic acids is 1. The van der Waals surface area contributed by atoms with Gasteiger partial charge < -0.3 is 10.0 Å². The number of amides is 1. The average Bonchev–Trinajstić information content (AvgIpc) is 2.36. The minimum Gasteiger partial charge on any atom is -0.480 e. The summed E-state index contributed by atoms with van der Waals surface area (Å²) in [4.78, 5) is 24.2. The number of hydrogen-bond acceptors (Lipinski definition) is 4. The zero-order valence-corrected chi connectivity index (χ0v) is 12.3. The molecule has 0 aromatic carbocycles. The predicted octanol–water partition coefficient (Wildman–Crippen LogP) is -0.243. The summed E-state index contributed by atoms with van der Waals surface area (Å²) < 4.78 is 24.1. The standard InChI is InChI=1S/C12H20N2O5S/c1-3-6-13(9-11(15)16)12(17)10-4-7-14(8-5-10)20(2,18)19/h3,10H,1,4-9H2,2H3,(H,15,16). The summed E-state index contributed by atoms with van der Waals surface area (Å²) in [6.45, 7) is 3.91. The van der Waals surface area contributed by atoms with Crippen molar-refractivity contribution in [1.29, 1.82) is 0 Å². The van der Waals surface area contributed by atoms with E-state index in [1.165, 1.54) is 15.3 Å². The van der Waals surface area contributed by atoms with Crippen molar-refractivity contribution in [1.82, 2.24) is 9.21 Å². The van der Waals surface area contributed by atoms with Gasteiger partial charge in [-0.1, -0.05) is 6.08 Å². The molecular weight excluding hydrogens is 284 g/mol. The van der Waals surface area contributed by atoms with Crippen LogP contribution in [0.3, 0.4) is 0 Å². The average molecular weight is 304 g/mol. The Morgan fingerprint density at radius 1 is 1.40 bits per heavy atom. The fraction of sp³-hybridized carbons (Fsp3) is 0.667. The Kier molecular flexibility index (Phi) is 5.70. The van der Waals surface area contributed by atoms with Gasteiger partial charge in [0.25, 0.3) is 0 Å². The van der Waals surface area contributed by atoms with Crippen molar-refractivity contribution in [2.75, 3.05) is 32.4 Å². The van der Waals surface area contributed by atoms with Gasteiger partial charge in [0.15, 0.2) is 0 Å². The highest BCUT2D eigenvalue weighted by atomic mass is 32.2. The molecule has 1 aliphatic rings. The van der Waals surface area contributed by atoms with Gasteiger partial charge in [0, 0.05) is 25.6 Å². The van der Waals surface area contributed by atoms with Crippen LogP contribution in [0.4, 0.5) is 0 Å². The van der Waals surface area contributed by atoms with Gasteiger partial charge in [-0.25, -0.2) is 12.7 Å². The summed E-state index contributed by atoms with van der Waals surface area (Å²) in [6, 6.07) is 0. The zero-order chi connectivity index (χ0) is 15.3. The molecule has 114 valence electrons. The topological polar surface area (TPSA) is 95.0 Å². The van der Waals surface area contributed by atoms with E-state index in [2.05, 4.69) is 6.58 Å². The summed E-state index contributed by atoms with van der Waals surface area (Å²) in [7, 11) is -3.23. The molecule has 1 amide bonds. The molecule has 0 aromatic rings. The molecule has 0 atom stereocenters. The van der Waals surface area contributed by atoms with E-state index in [0.29, 0.717) is 25.9 Å². The number of nitrogens with zero attached hydrogens (tertiary/aromatic N) is 2. The van der Waals surface area contributed by atoms with Crippen LogP contribution in [-0.2, 0) is 19.6 Å². The Labute approximate surface area is 118 Å². The molecule has 0 radical (unpaired) electrons. The van der Waals surface area contributed by atoms with Gasteiger partial charge in [-0.3, -0.25) is 9.59 Å². The van der Waals surface area contributed by atoms with Crippen molar-refractivity contribution >= 4 is 21.9 Å². The molecule has 0 spiro atoms. The van der Waals surface area contributed by atoms with Gasteiger partial charge in [-0.15, -0.1) is 6.58 Å². The van der Waals surface area contributed by atoms with E-state index in [0.717, 1.165) is 6.26 Å². The van der Waals surface area contributed by atoms with Gasteiger partial charge in [-0.05, 0) is 12.8 Å². The van der Waals surface area contributed by atoms with E-state index in [9.17, 15) is 18.0 Å². The molecule has 1 fully saturated rings. The van der Waals surface area contributed by atoms with Crippen LogP contribution < -0.4 is 0 Å². The van der Waals surface area contributed by atoms with Crippen LogP contribution in [0.25, 0.3) is 0 Å². The first-order valence-corrected chi connectivity index (χ1v) is 8.17. The highest BCUT2D eigenvalue weighted by Crippen LogP contribution is 2.21. The first-order chi connectivity index (χ1) is 9.25. The smallest absolute Gasteiger partial charge is 0.323 e. The fourth-order valence-electron chi connectivity index (χ4n) is 2.24. The highest BCUT2D eigenvalue weighted by Gasteiger charge is 2.31. The molecule has 20 heavy (non-hydrogen) atoms. The van der Waals surface area contributed by atoms with Gasteiger partial charge in [0.2, 0.25) is 15.9 Å². The molecule has 0 aliphatic carbocycles. The molecule has 8 heteroatoms. The molecule has 1 saturated heterocycles. The third-order valence-electron chi connectivity index (χ3n) is 3.26. The van der Waals surface area contributed by atoms with E-state index in [4.69, 9.17) is 5.11 Å². The molecule has 7 nitrogen and oxygen atoms in total. The quantitative estimate of drug-likeness (QED) is 0.683. The second-order valence-electron chi connectivity index (χ2n) is 4.84. The summed E-state index contributed by atoms with van der Waals surface area (Å²) >= 11 is 0. The van der Waals surface area contributed by atoms with E-state index in [1.807, 2.05) is 0 Å². The second-order valence-corrected chi connectivity index (χ2v) is 6.82. The van der Waals surface area contributed by atoms with E-state index in [-0.39, 0.29) is 24.9 Å². The maximum absolute atomic E-state index is 12.2. The van der Waals surface area contributed by atoms with Gasteiger partial charge >= 0.3 is 5.97 Å². The first-order valence-electron chi connectivity index (χ1n) is 6.32. The molecular formula is C12H20N2O5S. The summed E-state index contributed by atoms with van der Waals surface area (Å²) in [5.41, 5.74) is 0. The second kappa shape index (κ2) is 6.85. The molecule has 0 saturated carbocycles. The van der Waals surface area contributed by atoms with Crippen LogP contribution in [0, 0.1) is 5.92 Å². The van der Waals surface area contributed by atoms with E-state index in [1.54, 1.807) is 0 Å². The first kappa shape index (κ1) is 16.6. The summed E-state index contributed by atoms with van der Waals surface area (Å²) in [6.07, 6.45) is 3.45. The molecule has 1 rings (SSSR count). The number of piperidine rings is 1. The maximum Gasteiger partial charge on any atom is 0.323 e.